The highest BCUT2D eigenvalue weighted by Crippen LogP contribution is 2.50. The molecule has 6 rings (SSSR count). The van der Waals surface area contributed by atoms with E-state index in [1.54, 1.807) is 7.05 Å². The summed E-state index contributed by atoms with van der Waals surface area (Å²) in [5.74, 6) is -3.74. The Morgan fingerprint density at radius 3 is 2.24 bits per heavy atom. The van der Waals surface area contributed by atoms with Gasteiger partial charge in [0, 0.05) is 25.6 Å². The molecule has 2 aliphatic heterocycles. The van der Waals surface area contributed by atoms with Crippen LogP contribution in [-0.2, 0) is 20.8 Å². The zero-order valence-corrected chi connectivity index (χ0v) is 23.4. The van der Waals surface area contributed by atoms with E-state index in [1.165, 1.54) is 4.90 Å². The van der Waals surface area contributed by atoms with Gasteiger partial charge in [-0.05, 0) is 40.1 Å². The van der Waals surface area contributed by atoms with Crippen molar-refractivity contribution in [1.82, 2.24) is 15.5 Å². The lowest BCUT2D eigenvalue weighted by Crippen LogP contribution is -2.57. The number of nitrogens with one attached hydrogen (secondary N) is 2. The van der Waals surface area contributed by atoms with Crippen LogP contribution < -0.4 is 10.6 Å². The number of rotatable bonds is 9. The van der Waals surface area contributed by atoms with Crippen LogP contribution in [0.5, 0.6) is 0 Å². The minimum atomic E-state index is -1.65. The number of imide groups is 1. The van der Waals surface area contributed by atoms with Crippen molar-refractivity contribution in [3.05, 3.63) is 119 Å². The Morgan fingerprint density at radius 2 is 1.55 bits per heavy atom. The second-order valence-electron chi connectivity index (χ2n) is 11.1. The van der Waals surface area contributed by atoms with Gasteiger partial charge in [0.05, 0.1) is 11.8 Å². The van der Waals surface area contributed by atoms with Gasteiger partial charge in [-0.1, -0.05) is 109 Å². The van der Waals surface area contributed by atoms with Crippen molar-refractivity contribution in [2.24, 2.45) is 11.8 Å². The molecule has 4 aromatic carbocycles. The average Bonchev–Trinajstić information content (AvgIpc) is 3.49. The summed E-state index contributed by atoms with van der Waals surface area (Å²) in [4.78, 5) is 42.1. The minimum Gasteiger partial charge on any atom is -0.480 e. The molecule has 0 aromatic heterocycles. The van der Waals surface area contributed by atoms with Crippen LogP contribution in [0.3, 0.4) is 0 Å². The molecule has 2 amide bonds. The highest BCUT2D eigenvalue weighted by Gasteiger charge is 2.68. The number of fused-ring (bicyclic) bond motifs is 2. The number of carbonyl (C=O) groups excluding carboxylic acids is 2. The third-order valence-electron chi connectivity index (χ3n) is 8.57. The molecule has 4 unspecified atom stereocenters. The molecular formula is C35H33N3O4. The van der Waals surface area contributed by atoms with Gasteiger partial charge in [0.2, 0.25) is 11.8 Å². The lowest BCUT2D eigenvalue weighted by molar-refractivity contribution is -0.151. The number of likely N-dealkylation sites (N-methyl/N-ethyl adjacent to an activating group) is 1. The Hall–Kier alpha value is -4.59. The molecule has 2 fully saturated rings. The van der Waals surface area contributed by atoms with E-state index in [1.807, 2.05) is 109 Å². The zero-order chi connectivity index (χ0) is 29.3. The Morgan fingerprint density at radius 1 is 0.881 bits per heavy atom. The Kier molecular flexibility index (Phi) is 7.45. The first-order valence-corrected chi connectivity index (χ1v) is 14.2. The van der Waals surface area contributed by atoms with E-state index in [9.17, 15) is 19.5 Å². The summed E-state index contributed by atoms with van der Waals surface area (Å²) in [6.07, 6.45) is 4.10. The molecule has 0 saturated carbocycles. The van der Waals surface area contributed by atoms with Gasteiger partial charge in [-0.25, -0.2) is 0 Å². The van der Waals surface area contributed by atoms with Crippen molar-refractivity contribution in [3.63, 3.8) is 0 Å². The molecule has 3 N–H and O–H groups in total. The van der Waals surface area contributed by atoms with E-state index >= 15 is 0 Å². The van der Waals surface area contributed by atoms with E-state index in [4.69, 9.17) is 0 Å². The lowest BCUT2D eigenvalue weighted by atomic mass is 9.76. The van der Waals surface area contributed by atoms with Crippen LogP contribution in [0.2, 0.25) is 0 Å². The standard InChI is InChI=1S/C35H33N3O4/c1-36-19-20-38-32(39)29-30(33(38)40)35(34(41)42,22-25-15-16-26-9-5-6-10-28(26)21-25)37-31(29)27-17-13-24(14-18-27)12-11-23-7-3-2-4-8-23/h2-18,21,29-31,36-37H,19-20,22H2,1H3,(H,41,42). The zero-order valence-electron chi connectivity index (χ0n) is 23.4. The molecule has 7 heteroatoms. The summed E-state index contributed by atoms with van der Waals surface area (Å²) in [5, 5.41) is 19.1. The van der Waals surface area contributed by atoms with Crippen LogP contribution >= 0.6 is 0 Å². The van der Waals surface area contributed by atoms with Crippen molar-refractivity contribution in [2.45, 2.75) is 18.0 Å². The molecule has 0 spiro atoms. The SMILES string of the molecule is CNCCN1C(=O)C2C(c3ccc(C=Cc4ccccc4)cc3)NC(Cc3ccc4ccccc4c3)(C(=O)O)C2C1=O. The van der Waals surface area contributed by atoms with E-state index in [0.29, 0.717) is 6.54 Å². The number of carbonyl (C=O) groups is 3. The van der Waals surface area contributed by atoms with Gasteiger partial charge < -0.3 is 10.4 Å². The Bertz CT molecular complexity index is 1670. The fourth-order valence-corrected chi connectivity index (χ4v) is 6.47. The molecular weight excluding hydrogens is 526 g/mol. The smallest absolute Gasteiger partial charge is 0.325 e. The van der Waals surface area contributed by atoms with Crippen LogP contribution in [-0.4, -0.2) is 53.5 Å². The lowest BCUT2D eigenvalue weighted by Gasteiger charge is -2.31. The van der Waals surface area contributed by atoms with E-state index in [0.717, 1.165) is 33.0 Å². The largest absolute Gasteiger partial charge is 0.480 e. The van der Waals surface area contributed by atoms with E-state index < -0.39 is 35.3 Å². The topological polar surface area (TPSA) is 98.7 Å². The fraction of sp³-hybridized carbons (Fsp3) is 0.229. The maximum Gasteiger partial charge on any atom is 0.325 e. The van der Waals surface area contributed by atoms with Crippen molar-refractivity contribution >= 4 is 40.7 Å². The number of hydrogen-bond donors (Lipinski definition) is 3. The molecule has 212 valence electrons. The van der Waals surface area contributed by atoms with Gasteiger partial charge >= 0.3 is 5.97 Å². The van der Waals surface area contributed by atoms with E-state index in [2.05, 4.69) is 10.6 Å². The molecule has 2 heterocycles. The maximum atomic E-state index is 13.8. The quantitative estimate of drug-likeness (QED) is 0.206. The molecule has 4 aromatic rings. The van der Waals surface area contributed by atoms with Gasteiger partial charge in [-0.2, -0.15) is 0 Å². The van der Waals surface area contributed by atoms with Crippen molar-refractivity contribution in [3.8, 4) is 0 Å². The molecule has 0 radical (unpaired) electrons. The number of hydrogen-bond acceptors (Lipinski definition) is 5. The maximum absolute atomic E-state index is 13.8. The van der Waals surface area contributed by atoms with Gasteiger partial charge in [-0.15, -0.1) is 0 Å². The number of carboxylic acid groups (broad SMARTS) is 1. The number of nitrogens with zero attached hydrogens (tertiary/aromatic N) is 1. The summed E-state index contributed by atoms with van der Waals surface area (Å²) >= 11 is 0. The Balaban J connectivity index is 1.37. The summed E-state index contributed by atoms with van der Waals surface area (Å²) in [7, 11) is 1.76. The first-order chi connectivity index (χ1) is 20.4. The summed E-state index contributed by atoms with van der Waals surface area (Å²) in [6.45, 7) is 0.630. The second-order valence-corrected chi connectivity index (χ2v) is 11.1. The number of benzene rings is 4. The third-order valence-corrected chi connectivity index (χ3v) is 8.57. The number of carboxylic acids is 1. The highest BCUT2D eigenvalue weighted by atomic mass is 16.4. The average molecular weight is 560 g/mol. The van der Waals surface area contributed by atoms with Crippen LogP contribution in [0.15, 0.2) is 97.1 Å². The summed E-state index contributed by atoms with van der Waals surface area (Å²) in [5.41, 5.74) is 1.98. The third kappa shape index (κ3) is 4.91. The van der Waals surface area contributed by atoms with Gasteiger partial charge in [0.15, 0.2) is 0 Å². The van der Waals surface area contributed by atoms with Crippen LogP contribution in [0, 0.1) is 11.8 Å². The highest BCUT2D eigenvalue weighted by molar-refractivity contribution is 6.09. The molecule has 7 nitrogen and oxygen atoms in total. The monoisotopic (exact) mass is 559 g/mol. The van der Waals surface area contributed by atoms with Gasteiger partial charge in [0.1, 0.15) is 5.54 Å². The fourth-order valence-electron chi connectivity index (χ4n) is 6.47. The van der Waals surface area contributed by atoms with Gasteiger partial charge in [-0.3, -0.25) is 24.6 Å². The van der Waals surface area contributed by atoms with E-state index in [-0.39, 0.29) is 18.9 Å². The molecule has 2 aliphatic rings. The molecule has 0 bridgehead atoms. The molecule has 42 heavy (non-hydrogen) atoms. The van der Waals surface area contributed by atoms with Gasteiger partial charge in [0.25, 0.3) is 0 Å². The minimum absolute atomic E-state index is 0.0711. The first-order valence-electron chi connectivity index (χ1n) is 14.2. The predicted octanol–water partition coefficient (Wildman–Crippen LogP) is 4.54. The van der Waals surface area contributed by atoms with Crippen molar-refractivity contribution < 1.29 is 19.5 Å². The number of likely N-dealkylation sites (tertiary alicyclic amines) is 1. The number of aliphatic carboxylic acids is 1. The predicted molar refractivity (Wildman–Crippen MR) is 163 cm³/mol. The van der Waals surface area contributed by atoms with Crippen LogP contribution in [0.25, 0.3) is 22.9 Å². The van der Waals surface area contributed by atoms with Crippen LogP contribution in [0.4, 0.5) is 0 Å². The molecule has 0 aliphatic carbocycles. The van der Waals surface area contributed by atoms with Crippen molar-refractivity contribution in [2.75, 3.05) is 20.1 Å². The normalized spacial score (nSPS) is 23.6. The molecule has 4 atom stereocenters. The van der Waals surface area contributed by atoms with Crippen molar-refractivity contribution in [1.29, 1.82) is 0 Å². The molecule has 2 saturated heterocycles. The Labute approximate surface area is 244 Å². The summed E-state index contributed by atoms with van der Waals surface area (Å²) in [6, 6.07) is 30.8. The summed E-state index contributed by atoms with van der Waals surface area (Å²) < 4.78 is 0. The number of amides is 2. The van der Waals surface area contributed by atoms with Crippen LogP contribution in [0.1, 0.15) is 28.3 Å². The first kappa shape index (κ1) is 27.6. The second kappa shape index (κ2) is 11.4.